The zero-order valence-corrected chi connectivity index (χ0v) is 14.3. The van der Waals surface area contributed by atoms with Crippen LogP contribution in [0.4, 0.5) is 0 Å². The van der Waals surface area contributed by atoms with E-state index in [1.54, 1.807) is 0 Å². The van der Waals surface area contributed by atoms with Crippen molar-refractivity contribution in [2.45, 2.75) is 41.0 Å². The van der Waals surface area contributed by atoms with E-state index in [-0.39, 0.29) is 0 Å². The molecule has 0 bridgehead atoms. The van der Waals surface area contributed by atoms with Crippen LogP contribution in [0.5, 0.6) is 5.75 Å². The summed E-state index contributed by atoms with van der Waals surface area (Å²) >= 11 is 0. The number of hydrogen-bond acceptors (Lipinski definition) is 3. The highest BCUT2D eigenvalue weighted by atomic mass is 16.5. The summed E-state index contributed by atoms with van der Waals surface area (Å²) in [5.74, 6) is 2.14. The molecule has 0 N–H and O–H groups in total. The minimum absolute atomic E-state index is 0.557. The van der Waals surface area contributed by atoms with Crippen LogP contribution in [0.3, 0.4) is 0 Å². The molecule has 2 aromatic rings. The van der Waals surface area contributed by atoms with Crippen LogP contribution < -0.4 is 4.74 Å². The van der Waals surface area contributed by atoms with Gasteiger partial charge in [-0.1, -0.05) is 20.8 Å². The first kappa shape index (κ1) is 16.5. The van der Waals surface area contributed by atoms with Crippen LogP contribution in [0, 0.1) is 25.7 Å². The molecule has 2 heterocycles. The van der Waals surface area contributed by atoms with Gasteiger partial charge in [0.1, 0.15) is 5.75 Å². The Balaban J connectivity index is 2.07. The first-order valence-electron chi connectivity index (χ1n) is 7.98. The second-order valence-corrected chi connectivity index (χ2v) is 6.57. The standard InChI is InChI=1S/C19H26N2O/c1-13(2)8-14(3)12-22-19-11-21-18(9-15(19)4)17-6-7-20-16(5)10-17/h6-7,9-11,13-14H,8,12H2,1-5H3. The number of pyridine rings is 2. The Kier molecular flexibility index (Phi) is 5.53. The summed E-state index contributed by atoms with van der Waals surface area (Å²) in [5.41, 5.74) is 4.18. The third-order valence-electron chi connectivity index (χ3n) is 3.65. The molecular weight excluding hydrogens is 272 g/mol. The summed E-state index contributed by atoms with van der Waals surface area (Å²) in [7, 11) is 0. The number of aromatic nitrogens is 2. The van der Waals surface area contributed by atoms with Crippen molar-refractivity contribution >= 4 is 0 Å². The molecule has 0 spiro atoms. The van der Waals surface area contributed by atoms with Gasteiger partial charge in [0.05, 0.1) is 18.5 Å². The molecule has 0 saturated heterocycles. The molecule has 1 unspecified atom stereocenters. The maximum absolute atomic E-state index is 5.94. The summed E-state index contributed by atoms with van der Waals surface area (Å²) < 4.78 is 5.94. The second-order valence-electron chi connectivity index (χ2n) is 6.57. The normalized spacial score (nSPS) is 12.5. The van der Waals surface area contributed by atoms with Gasteiger partial charge in [-0.15, -0.1) is 0 Å². The van der Waals surface area contributed by atoms with Crippen molar-refractivity contribution in [3.8, 4) is 17.0 Å². The fourth-order valence-corrected chi connectivity index (χ4v) is 2.66. The summed E-state index contributed by atoms with van der Waals surface area (Å²) in [4.78, 5) is 8.76. The highest BCUT2D eigenvalue weighted by Gasteiger charge is 2.09. The molecule has 0 aliphatic heterocycles. The van der Waals surface area contributed by atoms with Gasteiger partial charge in [-0.05, 0) is 55.9 Å². The first-order chi connectivity index (χ1) is 10.5. The maximum Gasteiger partial charge on any atom is 0.140 e. The molecule has 2 aromatic heterocycles. The van der Waals surface area contributed by atoms with Gasteiger partial charge in [-0.2, -0.15) is 0 Å². The summed E-state index contributed by atoms with van der Waals surface area (Å²) in [6.07, 6.45) is 4.84. The Hall–Kier alpha value is -1.90. The lowest BCUT2D eigenvalue weighted by atomic mass is 10.00. The van der Waals surface area contributed by atoms with Gasteiger partial charge in [0.2, 0.25) is 0 Å². The van der Waals surface area contributed by atoms with Crippen LogP contribution in [0.15, 0.2) is 30.6 Å². The monoisotopic (exact) mass is 298 g/mol. The molecule has 1 atom stereocenters. The SMILES string of the molecule is Cc1cc(-c2cc(C)c(OCC(C)CC(C)C)cn2)ccn1. The molecule has 0 aliphatic carbocycles. The van der Waals surface area contributed by atoms with Crippen LogP contribution in [-0.4, -0.2) is 16.6 Å². The fraction of sp³-hybridized carbons (Fsp3) is 0.474. The van der Waals surface area contributed by atoms with E-state index in [0.29, 0.717) is 11.8 Å². The van der Waals surface area contributed by atoms with E-state index >= 15 is 0 Å². The lowest BCUT2D eigenvalue weighted by molar-refractivity contribution is 0.237. The molecule has 3 heteroatoms. The molecule has 118 valence electrons. The molecule has 0 aliphatic rings. The summed E-state index contributed by atoms with van der Waals surface area (Å²) in [5, 5.41) is 0. The number of ether oxygens (including phenoxy) is 1. The lowest BCUT2D eigenvalue weighted by Crippen LogP contribution is -2.11. The van der Waals surface area contributed by atoms with E-state index < -0.39 is 0 Å². The van der Waals surface area contributed by atoms with Gasteiger partial charge < -0.3 is 4.74 Å². The van der Waals surface area contributed by atoms with Crippen LogP contribution in [0.2, 0.25) is 0 Å². The van der Waals surface area contributed by atoms with Crippen LogP contribution >= 0.6 is 0 Å². The largest absolute Gasteiger partial charge is 0.491 e. The summed E-state index contributed by atoms with van der Waals surface area (Å²) in [6.45, 7) is 11.5. The van der Waals surface area contributed by atoms with Crippen molar-refractivity contribution in [3.63, 3.8) is 0 Å². The predicted octanol–water partition coefficient (Wildman–Crippen LogP) is 4.82. The Morgan fingerprint density at radius 1 is 1.09 bits per heavy atom. The third-order valence-corrected chi connectivity index (χ3v) is 3.65. The van der Waals surface area contributed by atoms with E-state index in [4.69, 9.17) is 4.74 Å². The fourth-order valence-electron chi connectivity index (χ4n) is 2.66. The highest BCUT2D eigenvalue weighted by Crippen LogP contribution is 2.24. The molecule has 0 fully saturated rings. The average molecular weight is 298 g/mol. The van der Waals surface area contributed by atoms with Crippen molar-refractivity contribution in [1.29, 1.82) is 0 Å². The van der Waals surface area contributed by atoms with Crippen molar-refractivity contribution in [2.24, 2.45) is 11.8 Å². The van der Waals surface area contributed by atoms with Gasteiger partial charge in [0.15, 0.2) is 0 Å². The van der Waals surface area contributed by atoms with Gasteiger partial charge in [-0.25, -0.2) is 0 Å². The van der Waals surface area contributed by atoms with E-state index in [9.17, 15) is 0 Å². The molecule has 0 aromatic carbocycles. The molecule has 2 rings (SSSR count). The van der Waals surface area contributed by atoms with Crippen LogP contribution in [-0.2, 0) is 0 Å². The Labute approximate surface area is 133 Å². The molecule has 3 nitrogen and oxygen atoms in total. The number of hydrogen-bond donors (Lipinski definition) is 0. The predicted molar refractivity (Wildman–Crippen MR) is 91.1 cm³/mol. The molecular formula is C19H26N2O. The van der Waals surface area contributed by atoms with Crippen LogP contribution in [0.25, 0.3) is 11.3 Å². The summed E-state index contributed by atoms with van der Waals surface area (Å²) in [6, 6.07) is 6.12. The van der Waals surface area contributed by atoms with Crippen molar-refractivity contribution in [2.75, 3.05) is 6.61 Å². The van der Waals surface area contributed by atoms with E-state index in [1.807, 2.05) is 31.5 Å². The highest BCUT2D eigenvalue weighted by molar-refractivity contribution is 5.60. The van der Waals surface area contributed by atoms with Crippen molar-refractivity contribution in [1.82, 2.24) is 9.97 Å². The zero-order valence-electron chi connectivity index (χ0n) is 14.3. The third kappa shape index (κ3) is 4.55. The molecule has 0 amide bonds. The minimum atomic E-state index is 0.557. The van der Waals surface area contributed by atoms with Crippen LogP contribution in [0.1, 0.15) is 38.4 Å². The Morgan fingerprint density at radius 3 is 2.50 bits per heavy atom. The number of nitrogens with zero attached hydrogens (tertiary/aromatic N) is 2. The molecule has 0 radical (unpaired) electrons. The Morgan fingerprint density at radius 2 is 1.86 bits per heavy atom. The topological polar surface area (TPSA) is 35.0 Å². The van der Waals surface area contributed by atoms with E-state index in [2.05, 4.69) is 43.7 Å². The number of aryl methyl sites for hydroxylation is 2. The second kappa shape index (κ2) is 7.39. The van der Waals surface area contributed by atoms with Crippen molar-refractivity contribution in [3.05, 3.63) is 41.9 Å². The van der Waals surface area contributed by atoms with Gasteiger partial charge >= 0.3 is 0 Å². The molecule has 0 saturated carbocycles. The number of rotatable bonds is 6. The smallest absolute Gasteiger partial charge is 0.140 e. The average Bonchev–Trinajstić information content (AvgIpc) is 2.45. The molecule has 22 heavy (non-hydrogen) atoms. The van der Waals surface area contributed by atoms with Crippen molar-refractivity contribution < 1.29 is 4.74 Å². The maximum atomic E-state index is 5.94. The van der Waals surface area contributed by atoms with E-state index in [0.717, 1.165) is 34.9 Å². The van der Waals surface area contributed by atoms with Gasteiger partial charge in [0.25, 0.3) is 0 Å². The Bertz CT molecular complexity index is 623. The van der Waals surface area contributed by atoms with Gasteiger partial charge in [0, 0.05) is 17.5 Å². The minimum Gasteiger partial charge on any atom is -0.491 e. The zero-order chi connectivity index (χ0) is 16.1. The quantitative estimate of drug-likeness (QED) is 0.766. The first-order valence-corrected chi connectivity index (χ1v) is 7.98. The van der Waals surface area contributed by atoms with Gasteiger partial charge in [-0.3, -0.25) is 9.97 Å². The lowest BCUT2D eigenvalue weighted by Gasteiger charge is -2.16. The van der Waals surface area contributed by atoms with E-state index in [1.165, 1.54) is 6.42 Å².